The number of sulfonamides is 2. The van der Waals surface area contributed by atoms with Crippen LogP contribution in [0.3, 0.4) is 0 Å². The van der Waals surface area contributed by atoms with Crippen LogP contribution in [0.1, 0.15) is 173 Å². The fraction of sp³-hybridized carbons (Fsp3) is 0.632. The summed E-state index contributed by atoms with van der Waals surface area (Å²) in [5, 5.41) is 24.9. The van der Waals surface area contributed by atoms with Crippen molar-refractivity contribution in [3.63, 3.8) is 0 Å². The summed E-state index contributed by atoms with van der Waals surface area (Å²) in [6.45, 7) is 14.4. The van der Waals surface area contributed by atoms with Crippen molar-refractivity contribution in [1.29, 1.82) is 0 Å². The summed E-state index contributed by atoms with van der Waals surface area (Å²) < 4.78 is 82.8. The lowest BCUT2D eigenvalue weighted by Crippen LogP contribution is -2.55. The summed E-state index contributed by atoms with van der Waals surface area (Å²) in [5.41, 5.74) is 3.71. The molecule has 4 bridgehead atoms. The number of ether oxygens (including phenoxy) is 4. The van der Waals surface area contributed by atoms with Gasteiger partial charge in [-0.2, -0.15) is 0 Å². The zero-order valence-corrected chi connectivity index (χ0v) is 61.5. The topological polar surface area (TPSA) is 251 Å². The molecule has 0 unspecified atom stereocenters. The minimum atomic E-state index is -4.00. The van der Waals surface area contributed by atoms with Crippen LogP contribution in [0.4, 0.5) is 11.4 Å². The van der Waals surface area contributed by atoms with Crippen molar-refractivity contribution >= 4 is 78.3 Å². The Labute approximate surface area is 599 Å². The number of nitrogens with zero attached hydrogens (tertiary/aromatic N) is 4. The van der Waals surface area contributed by atoms with Gasteiger partial charge in [-0.15, -0.1) is 0 Å². The number of aliphatic hydroxyl groups is 2. The lowest BCUT2D eigenvalue weighted by Gasteiger charge is -2.50. The molecule has 14 rings (SSSR count). The summed E-state index contributed by atoms with van der Waals surface area (Å²) in [6.07, 6.45) is 12.2. The van der Waals surface area contributed by atoms with Gasteiger partial charge in [-0.1, -0.05) is 62.0 Å². The van der Waals surface area contributed by atoms with E-state index in [1.807, 2.05) is 26.0 Å². The van der Waals surface area contributed by atoms with E-state index in [4.69, 9.17) is 42.1 Å². The molecule has 20 nitrogen and oxygen atoms in total. The molecule has 10 aliphatic rings. The van der Waals surface area contributed by atoms with Gasteiger partial charge in [0.05, 0.1) is 85.6 Å². The van der Waals surface area contributed by atoms with E-state index in [0.717, 1.165) is 75.6 Å². The molecule has 4 aromatic rings. The minimum absolute atomic E-state index is 0.0361. The number of rotatable bonds is 4. The van der Waals surface area contributed by atoms with Gasteiger partial charge in [0.2, 0.25) is 31.9 Å². The van der Waals surface area contributed by atoms with E-state index in [9.17, 15) is 46.2 Å². The molecule has 24 heteroatoms. The third-order valence-electron chi connectivity index (χ3n) is 25.0. The normalized spacial score (nSPS) is 32.8. The van der Waals surface area contributed by atoms with Gasteiger partial charge in [0.1, 0.15) is 11.5 Å². The van der Waals surface area contributed by atoms with Crippen molar-refractivity contribution < 1.29 is 65.2 Å². The number of benzene rings is 4. The molecule has 6 aliphatic heterocycles. The number of hydrogen-bond acceptors (Lipinski definition) is 16. The molecule has 544 valence electrons. The van der Waals surface area contributed by atoms with Gasteiger partial charge in [-0.05, 0) is 222 Å². The van der Waals surface area contributed by atoms with Crippen molar-refractivity contribution in [2.24, 2.45) is 35.5 Å². The van der Waals surface area contributed by atoms with Crippen molar-refractivity contribution in [2.45, 2.75) is 176 Å². The Morgan fingerprint density at radius 1 is 0.530 bits per heavy atom. The van der Waals surface area contributed by atoms with Crippen LogP contribution in [0.15, 0.2) is 72.8 Å². The molecule has 0 aromatic heterocycles. The van der Waals surface area contributed by atoms with Crippen molar-refractivity contribution in [3.05, 3.63) is 116 Å². The van der Waals surface area contributed by atoms with Gasteiger partial charge in [0, 0.05) is 84.4 Å². The summed E-state index contributed by atoms with van der Waals surface area (Å²) in [5.74, 6) is -0.705. The smallest absolute Gasteiger partial charge is 0.264 e. The molecule has 2 saturated carbocycles. The molecular weight excluding hydrogens is 1360 g/mol. The average molecular weight is 1460 g/mol. The molecule has 12 atom stereocenters. The first-order valence-corrected chi connectivity index (χ1v) is 40.5. The maximum Gasteiger partial charge on any atom is 0.264 e. The third-order valence-corrected chi connectivity index (χ3v) is 29.3. The van der Waals surface area contributed by atoms with Gasteiger partial charge in [0.25, 0.3) is 11.8 Å². The lowest BCUT2D eigenvalue weighted by atomic mass is 9.61. The Morgan fingerprint density at radius 3 is 1.31 bits per heavy atom. The number of hydrogen-bond donors (Lipinski definition) is 4. The highest BCUT2D eigenvalue weighted by atomic mass is 35.5. The highest BCUT2D eigenvalue weighted by Gasteiger charge is 2.53. The summed E-state index contributed by atoms with van der Waals surface area (Å²) in [4.78, 5) is 62.6. The lowest BCUT2D eigenvalue weighted by molar-refractivity contribution is -0.150. The number of morpholine rings is 2. The molecular formula is C76H100Cl2N6O14S2. The second-order valence-corrected chi connectivity index (χ2v) is 36.1. The van der Waals surface area contributed by atoms with Crippen molar-refractivity contribution in [1.82, 2.24) is 19.2 Å². The zero-order chi connectivity index (χ0) is 70.5. The number of aryl methyl sites for hydroxylation is 2. The molecule has 6 heterocycles. The number of carbonyl (C=O) groups is 4. The van der Waals surface area contributed by atoms with E-state index in [-0.39, 0.29) is 82.1 Å². The van der Waals surface area contributed by atoms with Gasteiger partial charge in [0.15, 0.2) is 0 Å². The predicted octanol–water partition coefficient (Wildman–Crippen LogP) is 10.2. The van der Waals surface area contributed by atoms with Gasteiger partial charge < -0.3 is 48.8 Å². The first kappa shape index (κ1) is 72.6. The Hall–Kier alpha value is -5.72. The van der Waals surface area contributed by atoms with Crippen LogP contribution in [0, 0.1) is 35.5 Å². The Morgan fingerprint density at radius 2 is 0.930 bits per heavy atom. The Bertz CT molecular complexity index is 3720. The van der Waals surface area contributed by atoms with E-state index in [1.165, 1.54) is 22.3 Å². The van der Waals surface area contributed by atoms with Crippen molar-refractivity contribution in [2.75, 3.05) is 102 Å². The van der Waals surface area contributed by atoms with Crippen LogP contribution < -0.4 is 28.7 Å². The fourth-order valence-electron chi connectivity index (χ4n) is 18.4. The van der Waals surface area contributed by atoms with Crippen LogP contribution in [-0.2, 0) is 62.8 Å². The monoisotopic (exact) mass is 1450 g/mol. The maximum atomic E-state index is 13.7. The largest absolute Gasteiger partial charge is 0.490 e. The van der Waals surface area contributed by atoms with Gasteiger partial charge in [-0.25, -0.2) is 26.3 Å². The minimum Gasteiger partial charge on any atom is -0.490 e. The molecule has 2 spiro atoms. The van der Waals surface area contributed by atoms with E-state index < -0.39 is 53.6 Å². The summed E-state index contributed by atoms with van der Waals surface area (Å²) in [7, 11) is -8.00. The van der Waals surface area contributed by atoms with Crippen LogP contribution in [0.2, 0.25) is 10.0 Å². The fourth-order valence-corrected chi connectivity index (χ4v) is 21.4. The van der Waals surface area contributed by atoms with Crippen LogP contribution in [0.25, 0.3) is 0 Å². The molecule has 4 fully saturated rings. The van der Waals surface area contributed by atoms with Gasteiger partial charge >= 0.3 is 0 Å². The van der Waals surface area contributed by atoms with Crippen LogP contribution in [0.5, 0.6) is 11.5 Å². The molecule has 4 N–H and O–H groups in total. The van der Waals surface area contributed by atoms with E-state index in [2.05, 4.69) is 43.5 Å². The Kier molecular flexibility index (Phi) is 21.4. The number of anilines is 2. The number of amides is 4. The molecule has 4 aliphatic carbocycles. The van der Waals surface area contributed by atoms with E-state index >= 15 is 0 Å². The second-order valence-electron chi connectivity index (χ2n) is 31.1. The summed E-state index contributed by atoms with van der Waals surface area (Å²) >= 11 is 12.9. The van der Waals surface area contributed by atoms with E-state index in [0.29, 0.717) is 152 Å². The molecule has 4 amide bonds. The third kappa shape index (κ3) is 15.0. The Balaban J connectivity index is 0.000000179. The van der Waals surface area contributed by atoms with E-state index in [1.54, 1.807) is 60.0 Å². The highest BCUT2D eigenvalue weighted by molar-refractivity contribution is 7.91. The zero-order valence-electron chi connectivity index (χ0n) is 58.3. The first-order chi connectivity index (χ1) is 47.7. The predicted molar refractivity (Wildman–Crippen MR) is 385 cm³/mol. The quantitative estimate of drug-likeness (QED) is 0.148. The van der Waals surface area contributed by atoms with Gasteiger partial charge in [-0.3, -0.25) is 19.2 Å². The van der Waals surface area contributed by atoms with Crippen LogP contribution >= 0.6 is 23.2 Å². The first-order valence-electron chi connectivity index (χ1n) is 36.6. The van der Waals surface area contributed by atoms with Crippen LogP contribution in [-0.4, -0.2) is 174 Å². The number of nitrogens with one attached hydrogen (secondary N) is 2. The highest BCUT2D eigenvalue weighted by Crippen LogP contribution is 2.53. The molecule has 2 saturated heterocycles. The molecule has 100 heavy (non-hydrogen) atoms. The molecule has 4 aromatic carbocycles. The number of carbonyl (C=O) groups excluding carboxylic acids is 4. The number of halogens is 2. The maximum absolute atomic E-state index is 13.7. The van der Waals surface area contributed by atoms with Crippen molar-refractivity contribution in [3.8, 4) is 11.5 Å². The summed E-state index contributed by atoms with van der Waals surface area (Å²) in [6, 6.07) is 22.6. The SMILES string of the molecule is C[C@@H]1[C@@H](C)CCC[C@@](O)(CC(=O)N2CCOCC2)[C@@H]2CC[C@H]2CN2C[C@@]3(CCCc4cc(Cl)ccc43)COc3ccc(cc32)C(=O)NS1(=O)=O.C[C@@H]1[C@@H](C)CCC[C@](O)(CC(=O)N2CCOCC2)[C@@H]2CC[C@H]2CN2C[C@@]3(CCCc4cc(Cl)ccc43)COc3ccc(cc32)C(=O)NS1(=O)=O. The standard InChI is InChI=1S/2C38H50ClN3O7S/c2*1-25-5-3-14-38(45,21-35(43)41-15-17-48-18-16-41)32-10-7-29(32)22-42-23-37(13-4-6-27-19-30(39)9-11-31(27)37)24-49-34-12-8-28(20-33(34)42)36(44)40-50(46,47)26(25)2/h2*8-9,11-12,19-20,25-26,29,32,45H,3-7,10,13-18,21-24H2,1-2H3,(H,40,44)/t25-,26+,29-,32+,37-,38+;25-,26+,29-,32+,37-,38-/m00/s1. The number of fused-ring (bicyclic) bond motifs is 8. The second kappa shape index (κ2) is 29.4. The average Bonchev–Trinajstić information content (AvgIpc) is 1.30. The molecule has 0 radical (unpaired) electrons.